The molecule has 0 aliphatic carbocycles. The van der Waals surface area contributed by atoms with Gasteiger partial charge in [0.1, 0.15) is 5.78 Å². The zero-order valence-corrected chi connectivity index (χ0v) is 14.0. The Balaban J connectivity index is 1.83. The molecule has 2 aromatic carbocycles. The molecule has 1 atom stereocenters. The third kappa shape index (κ3) is 4.30. The van der Waals surface area contributed by atoms with Crippen molar-refractivity contribution >= 4 is 17.4 Å². The Bertz CT molecular complexity index is 785. The summed E-state index contributed by atoms with van der Waals surface area (Å²) < 4.78 is 0. The number of Topliss-reactive ketones (excluding diaryl/α,β-unsaturated/α-hetero) is 1. The molecule has 1 unspecified atom stereocenters. The van der Waals surface area contributed by atoms with Gasteiger partial charge in [-0.3, -0.25) is 9.78 Å². The maximum atomic E-state index is 12.9. The summed E-state index contributed by atoms with van der Waals surface area (Å²) in [6.07, 6.45) is 2.58. The molecule has 0 aliphatic rings. The van der Waals surface area contributed by atoms with Crippen LogP contribution in [0.5, 0.6) is 0 Å². The van der Waals surface area contributed by atoms with Crippen molar-refractivity contribution in [2.75, 3.05) is 0 Å². The van der Waals surface area contributed by atoms with Gasteiger partial charge in [-0.15, -0.1) is 0 Å². The Morgan fingerprint density at radius 1 is 0.917 bits per heavy atom. The molecule has 1 heterocycles. The van der Waals surface area contributed by atoms with E-state index in [1.54, 1.807) is 12.3 Å². The number of aromatic nitrogens is 1. The molecule has 3 rings (SSSR count). The van der Waals surface area contributed by atoms with Crippen molar-refractivity contribution in [3.05, 3.63) is 101 Å². The summed E-state index contributed by atoms with van der Waals surface area (Å²) in [6.45, 7) is 0. The van der Waals surface area contributed by atoms with E-state index in [9.17, 15) is 4.79 Å². The van der Waals surface area contributed by atoms with Crippen molar-refractivity contribution in [2.45, 2.75) is 18.8 Å². The molecule has 24 heavy (non-hydrogen) atoms. The van der Waals surface area contributed by atoms with Crippen molar-refractivity contribution < 1.29 is 4.79 Å². The molecule has 3 aromatic rings. The fourth-order valence-corrected chi connectivity index (χ4v) is 2.88. The van der Waals surface area contributed by atoms with Crippen LogP contribution in [0.15, 0.2) is 79.0 Å². The lowest BCUT2D eigenvalue weighted by Gasteiger charge is -2.16. The molecule has 0 bridgehead atoms. The molecule has 0 aliphatic heterocycles. The average Bonchev–Trinajstić information content (AvgIpc) is 2.63. The lowest BCUT2D eigenvalue weighted by molar-refractivity contribution is -0.119. The van der Waals surface area contributed by atoms with E-state index in [1.165, 1.54) is 0 Å². The second kappa shape index (κ2) is 7.89. The SMILES string of the molecule is O=C(Cc1ccc(Cl)cn1)C(Cc1ccccc1)c1ccccc1. The molecule has 3 heteroatoms. The van der Waals surface area contributed by atoms with Crippen LogP contribution in [-0.2, 0) is 17.6 Å². The van der Waals surface area contributed by atoms with E-state index in [-0.39, 0.29) is 11.7 Å². The molecule has 0 radical (unpaired) electrons. The number of ketones is 1. The first-order chi connectivity index (χ1) is 11.7. The van der Waals surface area contributed by atoms with Gasteiger partial charge >= 0.3 is 0 Å². The van der Waals surface area contributed by atoms with Crippen molar-refractivity contribution in [3.63, 3.8) is 0 Å². The molecule has 0 saturated heterocycles. The Hall–Kier alpha value is -2.45. The minimum atomic E-state index is -0.175. The predicted octanol–water partition coefficient (Wildman–Crippen LogP) is 4.87. The summed E-state index contributed by atoms with van der Waals surface area (Å²) in [5, 5.41) is 0.579. The molecule has 0 amide bonds. The number of benzene rings is 2. The van der Waals surface area contributed by atoms with Crippen LogP contribution in [0.1, 0.15) is 22.7 Å². The molecule has 1 aromatic heterocycles. The largest absolute Gasteiger partial charge is 0.299 e. The van der Waals surface area contributed by atoms with E-state index in [1.807, 2.05) is 54.6 Å². The lowest BCUT2D eigenvalue weighted by Crippen LogP contribution is -2.18. The summed E-state index contributed by atoms with van der Waals surface area (Å²) in [4.78, 5) is 17.2. The van der Waals surface area contributed by atoms with Crippen LogP contribution >= 0.6 is 11.6 Å². The summed E-state index contributed by atoms with van der Waals surface area (Å²) in [5.41, 5.74) is 2.95. The van der Waals surface area contributed by atoms with Crippen molar-refractivity contribution in [1.29, 1.82) is 0 Å². The van der Waals surface area contributed by atoms with Crippen LogP contribution in [0.25, 0.3) is 0 Å². The third-order valence-electron chi connectivity index (χ3n) is 4.02. The number of rotatable bonds is 6. The highest BCUT2D eigenvalue weighted by Gasteiger charge is 2.21. The quantitative estimate of drug-likeness (QED) is 0.643. The van der Waals surface area contributed by atoms with Crippen molar-refractivity contribution in [1.82, 2.24) is 4.98 Å². The smallest absolute Gasteiger partial charge is 0.146 e. The maximum Gasteiger partial charge on any atom is 0.146 e. The lowest BCUT2D eigenvalue weighted by atomic mass is 9.86. The van der Waals surface area contributed by atoms with Crippen molar-refractivity contribution in [2.24, 2.45) is 0 Å². The van der Waals surface area contributed by atoms with Gasteiger partial charge in [0, 0.05) is 24.2 Å². The molecule has 2 nitrogen and oxygen atoms in total. The molecule has 120 valence electrons. The van der Waals surface area contributed by atoms with Gasteiger partial charge in [-0.25, -0.2) is 0 Å². The minimum absolute atomic E-state index is 0.167. The van der Waals surface area contributed by atoms with Crippen LogP contribution in [0.4, 0.5) is 0 Å². The van der Waals surface area contributed by atoms with Gasteiger partial charge in [0.05, 0.1) is 5.02 Å². The van der Waals surface area contributed by atoms with Crippen molar-refractivity contribution in [3.8, 4) is 0 Å². The van der Waals surface area contributed by atoms with Gasteiger partial charge in [0.25, 0.3) is 0 Å². The van der Waals surface area contributed by atoms with Gasteiger partial charge in [-0.05, 0) is 29.7 Å². The Morgan fingerprint density at radius 3 is 2.21 bits per heavy atom. The van der Waals surface area contributed by atoms with Crippen LogP contribution in [0, 0.1) is 0 Å². The zero-order chi connectivity index (χ0) is 16.8. The van der Waals surface area contributed by atoms with Crippen LogP contribution < -0.4 is 0 Å². The Kier molecular flexibility index (Phi) is 5.39. The number of carbonyl (C=O) groups excluding carboxylic acids is 1. The van der Waals surface area contributed by atoms with Gasteiger partial charge < -0.3 is 0 Å². The highest BCUT2D eigenvalue weighted by molar-refractivity contribution is 6.30. The number of nitrogens with zero attached hydrogens (tertiary/aromatic N) is 1. The fraction of sp³-hybridized carbons (Fsp3) is 0.143. The first-order valence-corrected chi connectivity index (χ1v) is 8.32. The first kappa shape index (κ1) is 16.4. The minimum Gasteiger partial charge on any atom is -0.299 e. The Labute approximate surface area is 147 Å². The van der Waals surface area contributed by atoms with Crippen LogP contribution in [0.3, 0.4) is 0 Å². The molecular formula is C21H18ClNO. The van der Waals surface area contributed by atoms with Crippen LogP contribution in [-0.4, -0.2) is 10.8 Å². The highest BCUT2D eigenvalue weighted by atomic mass is 35.5. The number of carbonyl (C=O) groups is 1. The summed E-state index contributed by atoms with van der Waals surface area (Å²) >= 11 is 5.87. The van der Waals surface area contributed by atoms with Crippen LogP contribution in [0.2, 0.25) is 5.02 Å². The van der Waals surface area contributed by atoms with E-state index < -0.39 is 0 Å². The summed E-state index contributed by atoms with van der Waals surface area (Å²) in [7, 11) is 0. The molecule has 0 N–H and O–H groups in total. The number of hydrogen-bond donors (Lipinski definition) is 0. The summed E-state index contributed by atoms with van der Waals surface area (Å²) in [6, 6.07) is 23.6. The molecule has 0 fully saturated rings. The van der Waals surface area contributed by atoms with E-state index in [4.69, 9.17) is 11.6 Å². The fourth-order valence-electron chi connectivity index (χ4n) is 2.77. The second-order valence-corrected chi connectivity index (χ2v) is 6.20. The Morgan fingerprint density at radius 2 is 1.58 bits per heavy atom. The number of hydrogen-bond acceptors (Lipinski definition) is 2. The normalized spacial score (nSPS) is 11.9. The van der Waals surface area contributed by atoms with E-state index >= 15 is 0 Å². The van der Waals surface area contributed by atoms with E-state index in [0.29, 0.717) is 17.9 Å². The van der Waals surface area contributed by atoms with E-state index in [2.05, 4.69) is 17.1 Å². The molecular weight excluding hydrogens is 318 g/mol. The van der Waals surface area contributed by atoms with Gasteiger partial charge in [0.15, 0.2) is 0 Å². The number of pyridine rings is 1. The monoisotopic (exact) mass is 335 g/mol. The third-order valence-corrected chi connectivity index (χ3v) is 4.24. The highest BCUT2D eigenvalue weighted by Crippen LogP contribution is 2.23. The zero-order valence-electron chi connectivity index (χ0n) is 13.2. The summed E-state index contributed by atoms with van der Waals surface area (Å²) in [5.74, 6) is -0.00838. The maximum absolute atomic E-state index is 12.9. The van der Waals surface area contributed by atoms with E-state index in [0.717, 1.165) is 16.8 Å². The van der Waals surface area contributed by atoms with Gasteiger partial charge in [-0.1, -0.05) is 72.3 Å². The average molecular weight is 336 g/mol. The second-order valence-electron chi connectivity index (χ2n) is 5.76. The first-order valence-electron chi connectivity index (χ1n) is 7.94. The topological polar surface area (TPSA) is 30.0 Å². The van der Waals surface area contributed by atoms with Gasteiger partial charge in [0.2, 0.25) is 0 Å². The standard InChI is InChI=1S/C21H18ClNO/c22-18-11-12-19(23-15-18)14-21(24)20(17-9-5-2-6-10-17)13-16-7-3-1-4-8-16/h1-12,15,20H,13-14H2. The number of halogens is 1. The molecule has 0 saturated carbocycles. The van der Waals surface area contributed by atoms with Gasteiger partial charge in [-0.2, -0.15) is 0 Å². The predicted molar refractivity (Wildman–Crippen MR) is 97.3 cm³/mol. The molecule has 0 spiro atoms.